The van der Waals surface area contributed by atoms with E-state index in [2.05, 4.69) is 6.92 Å². The minimum atomic E-state index is -0.427. The number of aliphatic hydroxyl groups excluding tert-OH is 1. The van der Waals surface area contributed by atoms with Crippen LogP contribution in [0.15, 0.2) is 0 Å². The van der Waals surface area contributed by atoms with Crippen molar-refractivity contribution in [1.82, 2.24) is 0 Å². The molecule has 0 amide bonds. The largest absolute Gasteiger partial charge is 0.393 e. The smallest absolute Gasteiger partial charge is 0.0541 e. The molecule has 2 nitrogen and oxygen atoms in total. The second kappa shape index (κ2) is 4.09. The Bertz CT molecular complexity index is 37.1. The van der Waals surface area contributed by atoms with Crippen molar-refractivity contribution in [1.29, 1.82) is 0 Å². The Kier molecular flexibility index (Phi) is 4.04. The molecule has 3 N–H and O–H groups in total. The van der Waals surface area contributed by atoms with Crippen LogP contribution in [-0.2, 0) is 0 Å². The van der Waals surface area contributed by atoms with Gasteiger partial charge in [-0.25, -0.2) is 0 Å². The molecule has 0 aliphatic rings. The second-order valence-corrected chi connectivity index (χ2v) is 1.58. The van der Waals surface area contributed by atoms with E-state index in [0.29, 0.717) is 6.54 Å². The van der Waals surface area contributed by atoms with E-state index in [0.717, 1.165) is 12.8 Å². The van der Waals surface area contributed by atoms with E-state index in [1.165, 1.54) is 0 Å². The second-order valence-electron chi connectivity index (χ2n) is 1.58. The van der Waals surface area contributed by atoms with Crippen LogP contribution in [0.1, 0.15) is 12.8 Å². The van der Waals surface area contributed by atoms with Gasteiger partial charge < -0.3 is 10.8 Å². The third-order valence-electron chi connectivity index (χ3n) is 0.741. The number of hydrogen-bond donors (Lipinski definition) is 2. The quantitative estimate of drug-likeness (QED) is 0.523. The molecule has 0 aliphatic heterocycles. The molecule has 0 spiro atoms. The van der Waals surface area contributed by atoms with Crippen molar-refractivity contribution in [3.05, 3.63) is 6.92 Å². The van der Waals surface area contributed by atoms with Gasteiger partial charge in [-0.1, -0.05) is 0 Å². The van der Waals surface area contributed by atoms with Gasteiger partial charge in [0.2, 0.25) is 0 Å². The summed E-state index contributed by atoms with van der Waals surface area (Å²) in [6.45, 7) is 4.02. The molecule has 1 radical (unpaired) electrons. The van der Waals surface area contributed by atoms with Crippen LogP contribution in [0.3, 0.4) is 0 Å². The molecule has 0 aliphatic carbocycles. The molecule has 0 aromatic carbocycles. The highest BCUT2D eigenvalue weighted by Gasteiger charge is 1.90. The first kappa shape index (κ1) is 6.92. The zero-order valence-corrected chi connectivity index (χ0v) is 4.43. The summed E-state index contributed by atoms with van der Waals surface area (Å²) in [7, 11) is 0. The van der Waals surface area contributed by atoms with Crippen molar-refractivity contribution < 1.29 is 5.11 Å². The van der Waals surface area contributed by atoms with Gasteiger partial charge in [-0.05, 0) is 26.3 Å². The molecule has 1 unspecified atom stereocenters. The predicted molar refractivity (Wildman–Crippen MR) is 29.7 cm³/mol. The first-order valence-electron chi connectivity index (χ1n) is 2.48. The predicted octanol–water partition coefficient (Wildman–Crippen LogP) is -0.0797. The standard InChI is InChI=1S/C5H12NO/c1-5(7)3-2-4-6/h5,7H,1-4,6H2. The molecule has 0 aromatic heterocycles. The highest BCUT2D eigenvalue weighted by molar-refractivity contribution is 4.55. The van der Waals surface area contributed by atoms with Crippen molar-refractivity contribution in [3.63, 3.8) is 0 Å². The fourth-order valence-electron chi connectivity index (χ4n) is 0.353. The number of hydrogen-bond acceptors (Lipinski definition) is 2. The molecule has 0 bridgehead atoms. The monoisotopic (exact) mass is 102 g/mol. The number of nitrogens with two attached hydrogens (primary N) is 1. The average molecular weight is 102 g/mol. The lowest BCUT2D eigenvalue weighted by Gasteiger charge is -1.98. The van der Waals surface area contributed by atoms with Crippen LogP contribution >= 0.6 is 0 Å². The third-order valence-corrected chi connectivity index (χ3v) is 0.741. The van der Waals surface area contributed by atoms with Gasteiger partial charge in [0.25, 0.3) is 0 Å². The topological polar surface area (TPSA) is 46.2 Å². The minimum absolute atomic E-state index is 0.427. The fourth-order valence-corrected chi connectivity index (χ4v) is 0.353. The summed E-state index contributed by atoms with van der Waals surface area (Å²) in [5, 5.41) is 8.52. The Morgan fingerprint density at radius 2 is 2.29 bits per heavy atom. The number of rotatable bonds is 3. The van der Waals surface area contributed by atoms with E-state index in [4.69, 9.17) is 10.8 Å². The van der Waals surface area contributed by atoms with Crippen LogP contribution in [0.5, 0.6) is 0 Å². The molecule has 2 heteroatoms. The van der Waals surface area contributed by atoms with Gasteiger partial charge in [-0.15, -0.1) is 0 Å². The summed E-state index contributed by atoms with van der Waals surface area (Å²) in [6, 6.07) is 0. The molecular formula is C5H12NO. The van der Waals surface area contributed by atoms with Gasteiger partial charge in [0.05, 0.1) is 6.10 Å². The average Bonchev–Trinajstić information content (AvgIpc) is 1.61. The van der Waals surface area contributed by atoms with Crippen LogP contribution in [0, 0.1) is 6.92 Å². The van der Waals surface area contributed by atoms with E-state index in [9.17, 15) is 0 Å². The highest BCUT2D eigenvalue weighted by atomic mass is 16.3. The van der Waals surface area contributed by atoms with Crippen molar-refractivity contribution in [3.8, 4) is 0 Å². The normalized spacial score (nSPS) is 14.1. The van der Waals surface area contributed by atoms with Gasteiger partial charge >= 0.3 is 0 Å². The van der Waals surface area contributed by atoms with Gasteiger partial charge in [0.1, 0.15) is 0 Å². The molecule has 0 saturated heterocycles. The van der Waals surface area contributed by atoms with Crippen LogP contribution in [0.2, 0.25) is 0 Å². The molecule has 0 aromatic rings. The van der Waals surface area contributed by atoms with Crippen molar-refractivity contribution in [2.24, 2.45) is 5.73 Å². The summed E-state index contributed by atoms with van der Waals surface area (Å²) in [5.41, 5.74) is 5.14. The molecule has 7 heavy (non-hydrogen) atoms. The Morgan fingerprint density at radius 3 is 2.43 bits per heavy atom. The molecule has 0 saturated carbocycles. The summed E-state index contributed by atoms with van der Waals surface area (Å²) >= 11 is 0. The Labute approximate surface area is 44.3 Å². The first-order valence-corrected chi connectivity index (χ1v) is 2.48. The Hall–Kier alpha value is -0.0800. The molecule has 0 rings (SSSR count). The summed E-state index contributed by atoms with van der Waals surface area (Å²) in [4.78, 5) is 0. The van der Waals surface area contributed by atoms with Crippen molar-refractivity contribution in [2.75, 3.05) is 6.54 Å². The Balaban J connectivity index is 2.68. The lowest BCUT2D eigenvalue weighted by molar-refractivity contribution is 0.208. The van der Waals surface area contributed by atoms with Crippen LogP contribution in [0.4, 0.5) is 0 Å². The molecule has 1 atom stereocenters. The van der Waals surface area contributed by atoms with Gasteiger partial charge in [-0.3, -0.25) is 0 Å². The molecule has 0 fully saturated rings. The van der Waals surface area contributed by atoms with E-state index in [1.54, 1.807) is 0 Å². The lowest BCUT2D eigenvalue weighted by atomic mass is 10.2. The van der Waals surface area contributed by atoms with Gasteiger partial charge in [0, 0.05) is 0 Å². The summed E-state index contributed by atoms with van der Waals surface area (Å²) in [5.74, 6) is 0. The summed E-state index contributed by atoms with van der Waals surface area (Å²) in [6.07, 6.45) is 1.16. The number of aliphatic hydroxyl groups is 1. The first-order chi connectivity index (χ1) is 3.27. The highest BCUT2D eigenvalue weighted by Crippen LogP contribution is 1.90. The van der Waals surface area contributed by atoms with Gasteiger partial charge in [0.15, 0.2) is 0 Å². The zero-order valence-electron chi connectivity index (χ0n) is 4.43. The lowest BCUT2D eigenvalue weighted by Crippen LogP contribution is -2.05. The van der Waals surface area contributed by atoms with E-state index >= 15 is 0 Å². The molecule has 43 valence electrons. The zero-order chi connectivity index (χ0) is 5.70. The van der Waals surface area contributed by atoms with E-state index in [1.807, 2.05) is 0 Å². The van der Waals surface area contributed by atoms with E-state index < -0.39 is 6.10 Å². The third kappa shape index (κ3) is 5.92. The SMILES string of the molecule is [CH2]C(O)CCCN. The van der Waals surface area contributed by atoms with Crippen LogP contribution in [0.25, 0.3) is 0 Å². The maximum atomic E-state index is 8.52. The van der Waals surface area contributed by atoms with Crippen molar-refractivity contribution in [2.45, 2.75) is 18.9 Å². The molecule has 0 heterocycles. The van der Waals surface area contributed by atoms with Gasteiger partial charge in [-0.2, -0.15) is 0 Å². The fraction of sp³-hybridized carbons (Fsp3) is 0.800. The van der Waals surface area contributed by atoms with Crippen LogP contribution in [-0.4, -0.2) is 17.8 Å². The maximum absolute atomic E-state index is 8.52. The summed E-state index contributed by atoms with van der Waals surface area (Å²) < 4.78 is 0. The van der Waals surface area contributed by atoms with E-state index in [-0.39, 0.29) is 0 Å². The molecular weight excluding hydrogens is 90.1 g/mol. The minimum Gasteiger partial charge on any atom is -0.393 e. The van der Waals surface area contributed by atoms with Crippen molar-refractivity contribution >= 4 is 0 Å². The Morgan fingerprint density at radius 1 is 1.71 bits per heavy atom. The maximum Gasteiger partial charge on any atom is 0.0541 e. The van der Waals surface area contributed by atoms with Crippen LogP contribution < -0.4 is 5.73 Å².